The van der Waals surface area contributed by atoms with Gasteiger partial charge in [0, 0.05) is 45.3 Å². The highest BCUT2D eigenvalue weighted by molar-refractivity contribution is 6.11. The van der Waals surface area contributed by atoms with Gasteiger partial charge in [0.1, 0.15) is 11.2 Å². The summed E-state index contributed by atoms with van der Waals surface area (Å²) in [6.45, 7) is 0. The average Bonchev–Trinajstić information content (AvgIpc) is 3.47. The largest absolute Gasteiger partial charge is 0.456 e. The second-order valence-electron chi connectivity index (χ2n) is 11.1. The Bertz CT molecular complexity index is 2480. The minimum Gasteiger partial charge on any atom is -0.456 e. The van der Waals surface area contributed by atoms with Gasteiger partial charge in [-0.15, -0.1) is 0 Å². The van der Waals surface area contributed by atoms with E-state index in [1.807, 2.05) is 79.0 Å². The van der Waals surface area contributed by atoms with Crippen LogP contribution in [0.15, 0.2) is 150 Å². The summed E-state index contributed by atoms with van der Waals surface area (Å²) in [5, 5.41) is 6.52. The van der Waals surface area contributed by atoms with Crippen molar-refractivity contribution in [1.29, 1.82) is 0 Å². The molecule has 0 fully saturated rings. The molecule has 0 spiro atoms. The standard InChI is InChI=1S/C40H24N4O/c1-3-11-25(12-4-1)38-42-39(26-13-5-2-6-14-26)44-40(43-38)32-20-10-17-29-30(32)18-9-19-31(29)35-23-37-34(24-41-35)33-21-27-15-7-8-16-28(27)22-36(33)45-37/h1-24H. The molecule has 9 aromatic rings. The smallest absolute Gasteiger partial charge is 0.164 e. The number of pyridine rings is 1. The van der Waals surface area contributed by atoms with Gasteiger partial charge in [0.25, 0.3) is 0 Å². The van der Waals surface area contributed by atoms with E-state index in [0.29, 0.717) is 17.5 Å². The van der Waals surface area contributed by atoms with Gasteiger partial charge in [0.15, 0.2) is 17.5 Å². The van der Waals surface area contributed by atoms with Crippen molar-refractivity contribution in [3.05, 3.63) is 146 Å². The van der Waals surface area contributed by atoms with Gasteiger partial charge >= 0.3 is 0 Å². The van der Waals surface area contributed by atoms with Gasteiger partial charge in [-0.3, -0.25) is 4.98 Å². The zero-order chi connectivity index (χ0) is 29.7. The zero-order valence-electron chi connectivity index (χ0n) is 24.1. The summed E-state index contributed by atoms with van der Waals surface area (Å²) in [5.41, 5.74) is 6.35. The topological polar surface area (TPSA) is 64.7 Å². The lowest BCUT2D eigenvalue weighted by molar-refractivity contribution is 0.669. The molecule has 6 aromatic carbocycles. The van der Waals surface area contributed by atoms with E-state index in [-0.39, 0.29) is 0 Å². The fourth-order valence-corrected chi connectivity index (χ4v) is 6.16. The van der Waals surface area contributed by atoms with E-state index in [4.69, 9.17) is 24.4 Å². The van der Waals surface area contributed by atoms with Crippen molar-refractivity contribution >= 4 is 43.5 Å². The molecule has 0 unspecified atom stereocenters. The second-order valence-corrected chi connectivity index (χ2v) is 11.1. The van der Waals surface area contributed by atoms with Crippen LogP contribution in [0.4, 0.5) is 0 Å². The molecule has 0 saturated heterocycles. The van der Waals surface area contributed by atoms with Gasteiger partial charge in [0.2, 0.25) is 0 Å². The summed E-state index contributed by atoms with van der Waals surface area (Å²) in [7, 11) is 0. The quantitative estimate of drug-likeness (QED) is 0.209. The van der Waals surface area contributed by atoms with Crippen LogP contribution in [0, 0.1) is 0 Å². The van der Waals surface area contributed by atoms with Crippen LogP contribution in [0.2, 0.25) is 0 Å². The lowest BCUT2D eigenvalue weighted by atomic mass is 9.97. The van der Waals surface area contributed by atoms with Crippen LogP contribution >= 0.6 is 0 Å². The summed E-state index contributed by atoms with van der Waals surface area (Å²) >= 11 is 0. The first-order chi connectivity index (χ1) is 22.3. The molecule has 0 bridgehead atoms. The number of nitrogens with zero attached hydrogens (tertiary/aromatic N) is 4. The van der Waals surface area contributed by atoms with Gasteiger partial charge in [-0.2, -0.15) is 0 Å². The summed E-state index contributed by atoms with van der Waals surface area (Å²) in [6, 6.07) is 47.3. The van der Waals surface area contributed by atoms with E-state index >= 15 is 0 Å². The fraction of sp³-hybridized carbons (Fsp3) is 0. The molecular formula is C40H24N4O. The molecule has 0 aliphatic heterocycles. The molecule has 0 N–H and O–H groups in total. The van der Waals surface area contributed by atoms with Crippen LogP contribution in [0.3, 0.4) is 0 Å². The molecular weight excluding hydrogens is 552 g/mol. The lowest BCUT2D eigenvalue weighted by Gasteiger charge is -2.12. The number of furan rings is 1. The first-order valence-corrected chi connectivity index (χ1v) is 14.9. The molecule has 0 aliphatic rings. The maximum absolute atomic E-state index is 6.37. The minimum absolute atomic E-state index is 0.623. The van der Waals surface area contributed by atoms with Gasteiger partial charge in [-0.25, -0.2) is 15.0 Å². The number of rotatable bonds is 4. The summed E-state index contributed by atoms with van der Waals surface area (Å²) in [6.07, 6.45) is 1.93. The Kier molecular flexibility index (Phi) is 5.74. The third kappa shape index (κ3) is 4.33. The van der Waals surface area contributed by atoms with Crippen molar-refractivity contribution in [3.63, 3.8) is 0 Å². The lowest BCUT2D eigenvalue weighted by Crippen LogP contribution is -2.00. The van der Waals surface area contributed by atoms with Crippen molar-refractivity contribution in [1.82, 2.24) is 19.9 Å². The molecule has 45 heavy (non-hydrogen) atoms. The predicted molar refractivity (Wildman–Crippen MR) is 182 cm³/mol. The van der Waals surface area contributed by atoms with Crippen LogP contribution in [0.1, 0.15) is 0 Å². The molecule has 5 nitrogen and oxygen atoms in total. The molecule has 5 heteroatoms. The molecule has 0 amide bonds. The van der Waals surface area contributed by atoms with E-state index < -0.39 is 0 Å². The molecule has 210 valence electrons. The Morgan fingerprint density at radius 3 is 1.64 bits per heavy atom. The molecule has 0 atom stereocenters. The van der Waals surface area contributed by atoms with E-state index in [0.717, 1.165) is 66.0 Å². The van der Waals surface area contributed by atoms with Gasteiger partial charge < -0.3 is 4.42 Å². The Morgan fingerprint density at radius 1 is 0.400 bits per heavy atom. The number of benzene rings is 6. The summed E-state index contributed by atoms with van der Waals surface area (Å²) in [4.78, 5) is 19.8. The Balaban J connectivity index is 1.21. The number of fused-ring (bicyclic) bond motifs is 5. The highest BCUT2D eigenvalue weighted by Gasteiger charge is 2.17. The van der Waals surface area contributed by atoms with Gasteiger partial charge in [0.05, 0.1) is 5.69 Å². The number of aromatic nitrogens is 4. The maximum atomic E-state index is 6.37. The zero-order valence-corrected chi connectivity index (χ0v) is 24.1. The maximum Gasteiger partial charge on any atom is 0.164 e. The first-order valence-electron chi connectivity index (χ1n) is 14.9. The second kappa shape index (κ2) is 10.2. The molecule has 9 rings (SSSR count). The number of hydrogen-bond donors (Lipinski definition) is 0. The third-order valence-corrected chi connectivity index (χ3v) is 8.36. The van der Waals surface area contributed by atoms with Gasteiger partial charge in [-0.1, -0.05) is 121 Å². The molecule has 0 radical (unpaired) electrons. The Labute approximate surface area is 258 Å². The highest BCUT2D eigenvalue weighted by Crippen LogP contribution is 2.37. The summed E-state index contributed by atoms with van der Waals surface area (Å²) in [5.74, 6) is 1.90. The van der Waals surface area contributed by atoms with Crippen molar-refractivity contribution < 1.29 is 4.42 Å². The van der Waals surface area contributed by atoms with Crippen LogP contribution < -0.4 is 0 Å². The average molecular weight is 577 g/mol. The van der Waals surface area contributed by atoms with Crippen molar-refractivity contribution in [2.45, 2.75) is 0 Å². The monoisotopic (exact) mass is 576 g/mol. The van der Waals surface area contributed by atoms with E-state index in [1.165, 1.54) is 5.39 Å². The highest BCUT2D eigenvalue weighted by atomic mass is 16.3. The van der Waals surface area contributed by atoms with E-state index in [1.54, 1.807) is 0 Å². The van der Waals surface area contributed by atoms with E-state index in [9.17, 15) is 0 Å². The fourth-order valence-electron chi connectivity index (χ4n) is 6.16. The third-order valence-electron chi connectivity index (χ3n) is 8.36. The molecule has 3 heterocycles. The van der Waals surface area contributed by atoms with Crippen LogP contribution in [0.25, 0.3) is 88.9 Å². The first kappa shape index (κ1) is 25.3. The Morgan fingerprint density at radius 2 is 0.956 bits per heavy atom. The van der Waals surface area contributed by atoms with Crippen LogP contribution in [-0.4, -0.2) is 19.9 Å². The number of hydrogen-bond acceptors (Lipinski definition) is 5. The SMILES string of the molecule is c1ccc(-c2nc(-c3ccccc3)nc(-c3cccc4c(-c5cc6oc7cc8ccccc8cc7c6cn5)cccc34)n2)cc1. The van der Waals surface area contributed by atoms with E-state index in [2.05, 4.69) is 66.7 Å². The normalized spacial score (nSPS) is 11.6. The molecule has 0 aliphatic carbocycles. The van der Waals surface area contributed by atoms with Crippen molar-refractivity contribution in [3.8, 4) is 45.4 Å². The van der Waals surface area contributed by atoms with Gasteiger partial charge in [-0.05, 0) is 33.7 Å². The van der Waals surface area contributed by atoms with Crippen molar-refractivity contribution in [2.24, 2.45) is 0 Å². The predicted octanol–water partition coefficient (Wildman–Crippen LogP) is 10.1. The molecule has 3 aromatic heterocycles. The summed E-state index contributed by atoms with van der Waals surface area (Å²) < 4.78 is 6.37. The minimum atomic E-state index is 0.623. The van der Waals surface area contributed by atoms with Crippen LogP contribution in [0.5, 0.6) is 0 Å². The Hall–Kier alpha value is -6.20. The van der Waals surface area contributed by atoms with Crippen molar-refractivity contribution in [2.75, 3.05) is 0 Å². The van der Waals surface area contributed by atoms with Crippen LogP contribution in [-0.2, 0) is 0 Å². The molecule has 0 saturated carbocycles.